The lowest BCUT2D eigenvalue weighted by molar-refractivity contribution is -0.188. The Balaban J connectivity index is 2.85. The van der Waals surface area contributed by atoms with Crippen molar-refractivity contribution in [1.29, 1.82) is 0 Å². The summed E-state index contributed by atoms with van der Waals surface area (Å²) in [7, 11) is 0. The van der Waals surface area contributed by atoms with Gasteiger partial charge >= 0.3 is 18.1 Å². The molecule has 1 aliphatic rings. The first-order valence-electron chi connectivity index (χ1n) is 4.02. The predicted octanol–water partition coefficient (Wildman–Crippen LogP) is -0.405. The monoisotopic (exact) mass is 227 g/mol. The van der Waals surface area contributed by atoms with E-state index >= 15 is 0 Å². The largest absolute Gasteiger partial charge is 0.480 e. The van der Waals surface area contributed by atoms with Gasteiger partial charge in [0.1, 0.15) is 6.04 Å². The molecule has 1 aliphatic heterocycles. The second-order valence-corrected chi connectivity index (χ2v) is 3.20. The number of amides is 1. The normalized spacial score (nSPS) is 26.8. The van der Waals surface area contributed by atoms with Crippen LogP contribution >= 0.6 is 0 Å². The molecule has 1 fully saturated rings. The van der Waals surface area contributed by atoms with Crippen molar-refractivity contribution < 1.29 is 33.0 Å². The fourth-order valence-electron chi connectivity index (χ4n) is 1.44. The van der Waals surface area contributed by atoms with E-state index in [1.165, 1.54) is 0 Å². The van der Waals surface area contributed by atoms with Crippen molar-refractivity contribution in [3.63, 3.8) is 0 Å². The topological polar surface area (TPSA) is 77.8 Å². The van der Waals surface area contributed by atoms with Crippen molar-refractivity contribution in [2.24, 2.45) is 0 Å². The Bertz CT molecular complexity index is 290. The van der Waals surface area contributed by atoms with Gasteiger partial charge in [0, 0.05) is 13.0 Å². The lowest BCUT2D eigenvalue weighted by atomic mass is 10.2. The highest BCUT2D eigenvalue weighted by atomic mass is 19.4. The molecule has 1 rings (SSSR count). The fourth-order valence-corrected chi connectivity index (χ4v) is 1.44. The number of carboxylic acids is 1. The molecule has 0 saturated carbocycles. The minimum Gasteiger partial charge on any atom is -0.480 e. The van der Waals surface area contributed by atoms with E-state index in [4.69, 9.17) is 10.2 Å². The van der Waals surface area contributed by atoms with Gasteiger partial charge in [-0.3, -0.25) is 4.79 Å². The molecule has 0 aromatic heterocycles. The zero-order valence-electron chi connectivity index (χ0n) is 7.36. The number of nitrogens with zero attached hydrogens (tertiary/aromatic N) is 1. The van der Waals surface area contributed by atoms with E-state index in [-0.39, 0.29) is 11.3 Å². The zero-order chi connectivity index (χ0) is 11.8. The first-order valence-corrected chi connectivity index (χ1v) is 4.02. The SMILES string of the molecule is O=C(O)[C@H]1C[C@H](O)CN1C(=O)C(F)(F)F. The van der Waals surface area contributed by atoms with Gasteiger partial charge in [-0.25, -0.2) is 4.79 Å². The van der Waals surface area contributed by atoms with Gasteiger partial charge in [0.15, 0.2) is 0 Å². The average molecular weight is 227 g/mol. The van der Waals surface area contributed by atoms with Gasteiger partial charge in [0.2, 0.25) is 0 Å². The second kappa shape index (κ2) is 3.69. The Morgan fingerprint density at radius 3 is 2.27 bits per heavy atom. The number of aliphatic carboxylic acids is 1. The molecule has 0 aromatic rings. The first kappa shape index (κ1) is 11.8. The molecule has 1 saturated heterocycles. The zero-order valence-corrected chi connectivity index (χ0v) is 7.36. The van der Waals surface area contributed by atoms with E-state index in [0.29, 0.717) is 0 Å². The van der Waals surface area contributed by atoms with Crippen LogP contribution in [0.15, 0.2) is 0 Å². The molecule has 0 unspecified atom stereocenters. The third kappa shape index (κ3) is 2.38. The Morgan fingerprint density at radius 1 is 1.33 bits per heavy atom. The number of carboxylic acid groups (broad SMARTS) is 1. The summed E-state index contributed by atoms with van der Waals surface area (Å²) < 4.78 is 36.0. The third-order valence-corrected chi connectivity index (χ3v) is 2.07. The van der Waals surface area contributed by atoms with Crippen molar-refractivity contribution >= 4 is 11.9 Å². The molecule has 0 aliphatic carbocycles. The van der Waals surface area contributed by atoms with Crippen LogP contribution in [0.2, 0.25) is 0 Å². The number of rotatable bonds is 1. The summed E-state index contributed by atoms with van der Waals surface area (Å²) in [5.74, 6) is -3.78. The van der Waals surface area contributed by atoms with Crippen molar-refractivity contribution in [2.75, 3.05) is 6.54 Å². The molecule has 15 heavy (non-hydrogen) atoms. The summed E-state index contributed by atoms with van der Waals surface area (Å²) in [5.41, 5.74) is 0. The molecule has 0 radical (unpaired) electrons. The van der Waals surface area contributed by atoms with Crippen molar-refractivity contribution in [2.45, 2.75) is 24.7 Å². The smallest absolute Gasteiger partial charge is 0.471 e. The lowest BCUT2D eigenvalue weighted by Crippen LogP contribution is -2.47. The van der Waals surface area contributed by atoms with Gasteiger partial charge in [0.25, 0.3) is 0 Å². The lowest BCUT2D eigenvalue weighted by Gasteiger charge is -2.21. The molecule has 2 atom stereocenters. The molecular formula is C7H8F3NO4. The molecule has 86 valence electrons. The molecule has 1 heterocycles. The number of alkyl halides is 3. The van der Waals surface area contributed by atoms with Crippen molar-refractivity contribution in [3.8, 4) is 0 Å². The van der Waals surface area contributed by atoms with Gasteiger partial charge in [-0.15, -0.1) is 0 Å². The average Bonchev–Trinajstić information content (AvgIpc) is 2.44. The van der Waals surface area contributed by atoms with Crippen LogP contribution in [-0.4, -0.2) is 51.9 Å². The van der Waals surface area contributed by atoms with Crippen LogP contribution in [0.5, 0.6) is 0 Å². The maximum Gasteiger partial charge on any atom is 0.471 e. The summed E-state index contributed by atoms with van der Waals surface area (Å²) >= 11 is 0. The summed E-state index contributed by atoms with van der Waals surface area (Å²) in [6.07, 6.45) is -6.72. The number of aliphatic hydroxyl groups is 1. The van der Waals surface area contributed by atoms with Crippen molar-refractivity contribution in [1.82, 2.24) is 4.90 Å². The second-order valence-electron chi connectivity index (χ2n) is 3.20. The highest BCUT2D eigenvalue weighted by Crippen LogP contribution is 2.25. The van der Waals surface area contributed by atoms with Gasteiger partial charge in [-0.05, 0) is 0 Å². The standard InChI is InChI=1S/C7H8F3NO4/c8-7(9,10)6(15)11-2-3(12)1-4(11)5(13)14/h3-4,12H,1-2H2,(H,13,14)/t3-,4+/m0/s1. The Hall–Kier alpha value is -1.31. The fraction of sp³-hybridized carbons (Fsp3) is 0.714. The van der Waals surface area contributed by atoms with Gasteiger partial charge in [0.05, 0.1) is 6.10 Å². The summed E-state index contributed by atoms with van der Waals surface area (Å²) in [4.78, 5) is 21.4. The summed E-state index contributed by atoms with van der Waals surface area (Å²) in [6, 6.07) is -1.60. The number of carbonyl (C=O) groups is 2. The number of β-amino-alcohol motifs (C(OH)–C–C–N with tert-alkyl or cyclic N) is 1. The van der Waals surface area contributed by atoms with Crippen LogP contribution in [-0.2, 0) is 9.59 Å². The number of hydrogen-bond donors (Lipinski definition) is 2. The maximum atomic E-state index is 12.0. The first-order chi connectivity index (χ1) is 6.73. The number of halogens is 3. The molecule has 5 nitrogen and oxygen atoms in total. The van der Waals surface area contributed by atoms with Crippen LogP contribution < -0.4 is 0 Å². The number of likely N-dealkylation sites (tertiary alicyclic amines) is 1. The molecule has 0 bridgehead atoms. The summed E-state index contributed by atoms with van der Waals surface area (Å²) in [6.45, 7) is -0.602. The molecule has 0 spiro atoms. The Morgan fingerprint density at radius 2 is 1.87 bits per heavy atom. The maximum absolute atomic E-state index is 12.0. The van der Waals surface area contributed by atoms with Crippen LogP contribution in [0.1, 0.15) is 6.42 Å². The predicted molar refractivity (Wildman–Crippen MR) is 39.8 cm³/mol. The van der Waals surface area contributed by atoms with Gasteiger partial charge in [-0.1, -0.05) is 0 Å². The Labute approximate surface area is 82.1 Å². The van der Waals surface area contributed by atoms with Crippen LogP contribution in [0.3, 0.4) is 0 Å². The highest BCUT2D eigenvalue weighted by Gasteiger charge is 2.49. The minimum absolute atomic E-state index is 0.132. The number of carbonyl (C=O) groups excluding carboxylic acids is 1. The summed E-state index contributed by atoms with van der Waals surface area (Å²) in [5, 5.41) is 17.6. The number of hydrogen-bond acceptors (Lipinski definition) is 3. The molecule has 8 heteroatoms. The molecule has 2 N–H and O–H groups in total. The van der Waals surface area contributed by atoms with Crippen LogP contribution in [0.25, 0.3) is 0 Å². The Kier molecular flexibility index (Phi) is 2.89. The van der Waals surface area contributed by atoms with Crippen molar-refractivity contribution in [3.05, 3.63) is 0 Å². The van der Waals surface area contributed by atoms with Gasteiger partial charge < -0.3 is 15.1 Å². The van der Waals surface area contributed by atoms with E-state index in [1.807, 2.05) is 0 Å². The van der Waals surface area contributed by atoms with E-state index in [9.17, 15) is 22.8 Å². The quantitative estimate of drug-likeness (QED) is 0.638. The molecule has 1 amide bonds. The minimum atomic E-state index is -5.11. The number of aliphatic hydroxyl groups excluding tert-OH is 1. The van der Waals surface area contributed by atoms with E-state index in [1.54, 1.807) is 0 Å². The van der Waals surface area contributed by atoms with Crippen LogP contribution in [0.4, 0.5) is 13.2 Å². The van der Waals surface area contributed by atoms with Gasteiger partial charge in [-0.2, -0.15) is 13.2 Å². The third-order valence-electron chi connectivity index (χ3n) is 2.07. The molecular weight excluding hydrogens is 219 g/mol. The van der Waals surface area contributed by atoms with Crippen LogP contribution in [0, 0.1) is 0 Å². The van der Waals surface area contributed by atoms with E-state index in [0.717, 1.165) is 0 Å². The van der Waals surface area contributed by atoms with E-state index < -0.39 is 36.7 Å². The highest BCUT2D eigenvalue weighted by molar-refractivity contribution is 5.87. The molecule has 0 aromatic carbocycles. The van der Waals surface area contributed by atoms with E-state index in [2.05, 4.69) is 0 Å².